The van der Waals surface area contributed by atoms with E-state index in [0.717, 1.165) is 0 Å². The summed E-state index contributed by atoms with van der Waals surface area (Å²) in [4.78, 5) is 22.3. The molecule has 2 aromatic carbocycles. The van der Waals surface area contributed by atoms with Gasteiger partial charge >= 0.3 is 0 Å². The summed E-state index contributed by atoms with van der Waals surface area (Å²) in [6, 6.07) is 13.9. The molecule has 108 valence electrons. The van der Waals surface area contributed by atoms with E-state index in [2.05, 4.69) is 5.32 Å². The summed E-state index contributed by atoms with van der Waals surface area (Å²) in [6.07, 6.45) is -0.122. The number of anilines is 1. The Bertz CT molecular complexity index is 636. The van der Waals surface area contributed by atoms with Crippen LogP contribution in [0.4, 0.5) is 5.69 Å². The van der Waals surface area contributed by atoms with Crippen LogP contribution in [0.3, 0.4) is 0 Å². The third kappa shape index (κ3) is 4.93. The predicted octanol–water partition coefficient (Wildman–Crippen LogP) is 4.05. The molecular weight excluding hydrogens is 290 g/mol. The minimum Gasteiger partial charge on any atom is -0.457 e. The lowest BCUT2D eigenvalue weighted by Gasteiger charge is -2.07. The number of hydrogen-bond donors (Lipinski definition) is 1. The topological polar surface area (TPSA) is 55.4 Å². The van der Waals surface area contributed by atoms with E-state index in [1.54, 1.807) is 48.5 Å². The summed E-state index contributed by atoms with van der Waals surface area (Å²) in [7, 11) is 0. The molecule has 0 saturated heterocycles. The molecule has 0 aliphatic heterocycles. The van der Waals surface area contributed by atoms with Crippen LogP contribution in [-0.2, 0) is 9.59 Å². The van der Waals surface area contributed by atoms with E-state index in [1.165, 1.54) is 6.92 Å². The smallest absolute Gasteiger partial charge is 0.231 e. The van der Waals surface area contributed by atoms with E-state index in [1.807, 2.05) is 0 Å². The van der Waals surface area contributed by atoms with Gasteiger partial charge in [-0.2, -0.15) is 0 Å². The third-order valence-electron chi connectivity index (χ3n) is 2.60. The fourth-order valence-corrected chi connectivity index (χ4v) is 1.80. The zero-order valence-corrected chi connectivity index (χ0v) is 12.2. The lowest BCUT2D eigenvalue weighted by atomic mass is 10.2. The molecule has 0 aliphatic carbocycles. The highest BCUT2D eigenvalue weighted by molar-refractivity contribution is 6.30. The molecule has 1 amide bonds. The first-order valence-corrected chi connectivity index (χ1v) is 6.73. The normalized spacial score (nSPS) is 10.0. The highest BCUT2D eigenvalue weighted by Crippen LogP contribution is 2.24. The Morgan fingerprint density at radius 1 is 1.00 bits per heavy atom. The number of Topliss-reactive ketones (excluding diaryl/α,β-unsaturated/α-hetero) is 1. The Kier molecular flexibility index (Phi) is 4.95. The average molecular weight is 304 g/mol. The van der Waals surface area contributed by atoms with Gasteiger partial charge in [0.25, 0.3) is 0 Å². The van der Waals surface area contributed by atoms with Crippen LogP contribution < -0.4 is 10.1 Å². The summed E-state index contributed by atoms with van der Waals surface area (Å²) in [5.41, 5.74) is 0.615. The van der Waals surface area contributed by atoms with Crippen molar-refractivity contribution in [3.63, 3.8) is 0 Å². The van der Waals surface area contributed by atoms with Crippen molar-refractivity contribution < 1.29 is 14.3 Å². The van der Waals surface area contributed by atoms with Crippen molar-refractivity contribution in [1.82, 2.24) is 0 Å². The number of nitrogens with one attached hydrogen (secondary N) is 1. The Balaban J connectivity index is 1.97. The fraction of sp³-hybridized carbons (Fsp3) is 0.125. The van der Waals surface area contributed by atoms with Gasteiger partial charge in [-0.3, -0.25) is 9.59 Å². The monoisotopic (exact) mass is 303 g/mol. The number of amides is 1. The number of carbonyl (C=O) groups excluding carboxylic acids is 2. The number of ether oxygens (including phenoxy) is 1. The van der Waals surface area contributed by atoms with Crippen LogP contribution in [0.25, 0.3) is 0 Å². The average Bonchev–Trinajstić information content (AvgIpc) is 2.42. The van der Waals surface area contributed by atoms with E-state index in [4.69, 9.17) is 16.3 Å². The first-order valence-electron chi connectivity index (χ1n) is 6.36. The Labute approximate surface area is 127 Å². The third-order valence-corrected chi connectivity index (χ3v) is 2.85. The van der Waals surface area contributed by atoms with Crippen LogP contribution in [0, 0.1) is 0 Å². The van der Waals surface area contributed by atoms with Gasteiger partial charge in [-0.05, 0) is 55.5 Å². The fourth-order valence-electron chi connectivity index (χ4n) is 1.68. The quantitative estimate of drug-likeness (QED) is 0.848. The number of halogens is 1. The summed E-state index contributed by atoms with van der Waals surface area (Å²) in [5.74, 6) is 0.818. The maximum atomic E-state index is 11.5. The van der Waals surface area contributed by atoms with Crippen LogP contribution >= 0.6 is 11.6 Å². The number of rotatable bonds is 5. The highest BCUT2D eigenvalue weighted by Gasteiger charge is 2.05. The van der Waals surface area contributed by atoms with Crippen LogP contribution in [0.15, 0.2) is 48.5 Å². The minimum atomic E-state index is -0.325. The summed E-state index contributed by atoms with van der Waals surface area (Å²) in [5, 5.41) is 3.28. The van der Waals surface area contributed by atoms with Crippen molar-refractivity contribution in [2.75, 3.05) is 5.32 Å². The van der Waals surface area contributed by atoms with Crippen LogP contribution in [0.2, 0.25) is 5.02 Å². The molecule has 5 heteroatoms. The zero-order valence-electron chi connectivity index (χ0n) is 11.4. The van der Waals surface area contributed by atoms with Crippen molar-refractivity contribution >= 4 is 29.0 Å². The van der Waals surface area contributed by atoms with Crippen molar-refractivity contribution in [3.8, 4) is 11.5 Å². The maximum absolute atomic E-state index is 11.5. The molecule has 0 fully saturated rings. The van der Waals surface area contributed by atoms with Gasteiger partial charge in [0.15, 0.2) is 0 Å². The van der Waals surface area contributed by atoms with Gasteiger partial charge in [-0.15, -0.1) is 0 Å². The molecule has 2 rings (SSSR count). The summed E-state index contributed by atoms with van der Waals surface area (Å²) < 4.78 is 5.63. The van der Waals surface area contributed by atoms with E-state index < -0.39 is 0 Å². The first-order chi connectivity index (χ1) is 10.0. The van der Waals surface area contributed by atoms with E-state index in [9.17, 15) is 9.59 Å². The number of benzene rings is 2. The van der Waals surface area contributed by atoms with Gasteiger partial charge in [0.2, 0.25) is 5.91 Å². The number of carbonyl (C=O) groups is 2. The van der Waals surface area contributed by atoms with Gasteiger partial charge < -0.3 is 10.1 Å². The van der Waals surface area contributed by atoms with Crippen molar-refractivity contribution in [3.05, 3.63) is 53.6 Å². The Hall–Kier alpha value is -2.33. The van der Waals surface area contributed by atoms with Crippen molar-refractivity contribution in [1.29, 1.82) is 0 Å². The van der Waals surface area contributed by atoms with E-state index in [0.29, 0.717) is 22.2 Å². The standard InChI is InChI=1S/C16H14ClNO3/c1-11(19)10-16(20)18-13-4-8-15(9-5-13)21-14-6-2-12(17)3-7-14/h2-9H,10H2,1H3,(H,18,20). The second-order valence-corrected chi connectivity index (χ2v) is 4.94. The molecule has 4 nitrogen and oxygen atoms in total. The van der Waals surface area contributed by atoms with Gasteiger partial charge in [-0.25, -0.2) is 0 Å². The van der Waals surface area contributed by atoms with E-state index >= 15 is 0 Å². The molecular formula is C16H14ClNO3. The molecule has 1 N–H and O–H groups in total. The Morgan fingerprint density at radius 2 is 1.52 bits per heavy atom. The van der Waals surface area contributed by atoms with Crippen LogP contribution in [0.5, 0.6) is 11.5 Å². The summed E-state index contributed by atoms with van der Waals surface area (Å²) >= 11 is 5.80. The molecule has 21 heavy (non-hydrogen) atoms. The molecule has 0 unspecified atom stereocenters. The maximum Gasteiger partial charge on any atom is 0.231 e. The second kappa shape index (κ2) is 6.90. The first kappa shape index (κ1) is 15.1. The van der Waals surface area contributed by atoms with Crippen molar-refractivity contribution in [2.24, 2.45) is 0 Å². The molecule has 0 radical (unpaired) electrons. The van der Waals surface area contributed by atoms with Gasteiger partial charge in [0, 0.05) is 10.7 Å². The Morgan fingerprint density at radius 3 is 2.05 bits per heavy atom. The summed E-state index contributed by atoms with van der Waals surface area (Å²) in [6.45, 7) is 1.38. The predicted molar refractivity (Wildman–Crippen MR) is 81.9 cm³/mol. The molecule has 0 saturated carbocycles. The molecule has 0 aliphatic rings. The molecule has 0 aromatic heterocycles. The second-order valence-electron chi connectivity index (χ2n) is 4.51. The molecule has 2 aromatic rings. The molecule has 0 heterocycles. The highest BCUT2D eigenvalue weighted by atomic mass is 35.5. The molecule has 0 spiro atoms. The van der Waals surface area contributed by atoms with E-state index in [-0.39, 0.29) is 18.1 Å². The molecule has 0 bridgehead atoms. The van der Waals surface area contributed by atoms with Gasteiger partial charge in [0.05, 0.1) is 6.42 Å². The lowest BCUT2D eigenvalue weighted by Crippen LogP contribution is -2.14. The number of ketones is 1. The number of hydrogen-bond acceptors (Lipinski definition) is 3. The van der Waals surface area contributed by atoms with Crippen LogP contribution in [0.1, 0.15) is 13.3 Å². The van der Waals surface area contributed by atoms with Gasteiger partial charge in [0.1, 0.15) is 17.3 Å². The van der Waals surface area contributed by atoms with Crippen LogP contribution in [-0.4, -0.2) is 11.7 Å². The lowest BCUT2D eigenvalue weighted by molar-refractivity contribution is -0.124. The van der Waals surface area contributed by atoms with Crippen molar-refractivity contribution in [2.45, 2.75) is 13.3 Å². The SMILES string of the molecule is CC(=O)CC(=O)Nc1ccc(Oc2ccc(Cl)cc2)cc1. The largest absolute Gasteiger partial charge is 0.457 e. The molecule has 0 atom stereocenters. The minimum absolute atomic E-state index is 0.122. The zero-order chi connectivity index (χ0) is 15.2. The van der Waals surface area contributed by atoms with Gasteiger partial charge in [-0.1, -0.05) is 11.6 Å².